The number of ether oxygens (including phenoxy) is 2. The SMILES string of the molecule is CCc1ccc2c(c1N1CCNCC1)OCCO2. The number of fused-ring (bicyclic) bond motifs is 1. The van der Waals surface area contributed by atoms with Crippen molar-refractivity contribution in [1.82, 2.24) is 5.32 Å². The van der Waals surface area contributed by atoms with Crippen molar-refractivity contribution in [3.05, 3.63) is 17.7 Å². The zero-order chi connectivity index (χ0) is 12.4. The minimum Gasteiger partial charge on any atom is -0.486 e. The fourth-order valence-corrected chi connectivity index (χ4v) is 2.66. The molecule has 0 unspecified atom stereocenters. The Morgan fingerprint density at radius 3 is 2.72 bits per heavy atom. The third-order valence-electron chi connectivity index (χ3n) is 3.58. The van der Waals surface area contributed by atoms with Gasteiger partial charge in [0.05, 0.1) is 5.69 Å². The van der Waals surface area contributed by atoms with Crippen molar-refractivity contribution in [2.45, 2.75) is 13.3 Å². The molecule has 98 valence electrons. The lowest BCUT2D eigenvalue weighted by Crippen LogP contribution is -2.44. The summed E-state index contributed by atoms with van der Waals surface area (Å²) in [5, 5.41) is 3.39. The first-order valence-corrected chi connectivity index (χ1v) is 6.77. The molecule has 0 spiro atoms. The third-order valence-corrected chi connectivity index (χ3v) is 3.58. The van der Waals surface area contributed by atoms with E-state index < -0.39 is 0 Å². The zero-order valence-electron chi connectivity index (χ0n) is 10.9. The molecule has 1 aromatic carbocycles. The van der Waals surface area contributed by atoms with Crippen molar-refractivity contribution in [2.24, 2.45) is 0 Å². The van der Waals surface area contributed by atoms with E-state index in [-0.39, 0.29) is 0 Å². The number of benzene rings is 1. The largest absolute Gasteiger partial charge is 0.486 e. The Labute approximate surface area is 108 Å². The molecule has 0 bridgehead atoms. The highest BCUT2D eigenvalue weighted by atomic mass is 16.6. The molecule has 2 aliphatic heterocycles. The summed E-state index contributed by atoms with van der Waals surface area (Å²) in [4.78, 5) is 2.42. The Hall–Kier alpha value is -1.42. The van der Waals surface area contributed by atoms with Crippen LogP contribution in [0.25, 0.3) is 0 Å². The zero-order valence-corrected chi connectivity index (χ0v) is 10.9. The fraction of sp³-hybridized carbons (Fsp3) is 0.571. The van der Waals surface area contributed by atoms with Gasteiger partial charge in [0, 0.05) is 26.2 Å². The van der Waals surface area contributed by atoms with Gasteiger partial charge in [0.1, 0.15) is 13.2 Å². The monoisotopic (exact) mass is 248 g/mol. The maximum atomic E-state index is 5.86. The van der Waals surface area contributed by atoms with Crippen LogP contribution in [0.15, 0.2) is 12.1 Å². The van der Waals surface area contributed by atoms with Gasteiger partial charge in [0.25, 0.3) is 0 Å². The number of nitrogens with one attached hydrogen (secondary N) is 1. The normalized spacial score (nSPS) is 18.8. The molecular formula is C14H20N2O2. The summed E-state index contributed by atoms with van der Waals surface area (Å²) in [5.74, 6) is 1.84. The van der Waals surface area contributed by atoms with E-state index >= 15 is 0 Å². The Morgan fingerprint density at radius 1 is 1.17 bits per heavy atom. The summed E-state index contributed by atoms with van der Waals surface area (Å²) in [7, 11) is 0. The molecule has 0 amide bonds. The van der Waals surface area contributed by atoms with Crippen LogP contribution in [0.3, 0.4) is 0 Å². The van der Waals surface area contributed by atoms with Crippen LogP contribution >= 0.6 is 0 Å². The number of hydrogen-bond donors (Lipinski definition) is 1. The fourth-order valence-electron chi connectivity index (χ4n) is 2.66. The number of aryl methyl sites for hydroxylation is 1. The lowest BCUT2D eigenvalue weighted by Gasteiger charge is -2.34. The molecule has 18 heavy (non-hydrogen) atoms. The van der Waals surface area contributed by atoms with Crippen LogP contribution in [0.4, 0.5) is 5.69 Å². The van der Waals surface area contributed by atoms with Crippen molar-refractivity contribution in [3.8, 4) is 11.5 Å². The van der Waals surface area contributed by atoms with Gasteiger partial charge in [-0.15, -0.1) is 0 Å². The van der Waals surface area contributed by atoms with Gasteiger partial charge in [-0.1, -0.05) is 13.0 Å². The molecule has 2 aliphatic rings. The lowest BCUT2D eigenvalue weighted by atomic mass is 10.1. The second-order valence-electron chi connectivity index (χ2n) is 4.69. The molecule has 1 saturated heterocycles. The second-order valence-corrected chi connectivity index (χ2v) is 4.69. The van der Waals surface area contributed by atoms with Crippen LogP contribution in [0.2, 0.25) is 0 Å². The van der Waals surface area contributed by atoms with E-state index in [0.717, 1.165) is 44.1 Å². The molecule has 2 heterocycles. The summed E-state index contributed by atoms with van der Waals surface area (Å²) in [6.45, 7) is 7.64. The van der Waals surface area contributed by atoms with E-state index in [9.17, 15) is 0 Å². The first kappa shape index (κ1) is 11.7. The van der Waals surface area contributed by atoms with Gasteiger partial charge in [-0.2, -0.15) is 0 Å². The summed E-state index contributed by atoms with van der Waals surface area (Å²) in [6.07, 6.45) is 1.02. The molecule has 3 rings (SSSR count). The van der Waals surface area contributed by atoms with Crippen molar-refractivity contribution >= 4 is 5.69 Å². The summed E-state index contributed by atoms with van der Waals surface area (Å²) >= 11 is 0. The van der Waals surface area contributed by atoms with Crippen LogP contribution < -0.4 is 19.7 Å². The molecule has 1 N–H and O–H groups in total. The maximum Gasteiger partial charge on any atom is 0.184 e. The lowest BCUT2D eigenvalue weighted by molar-refractivity contribution is 0.172. The van der Waals surface area contributed by atoms with Crippen molar-refractivity contribution < 1.29 is 9.47 Å². The van der Waals surface area contributed by atoms with E-state index in [0.29, 0.717) is 13.2 Å². The molecule has 0 aromatic heterocycles. The summed E-state index contributed by atoms with van der Waals surface area (Å²) in [6, 6.07) is 4.21. The van der Waals surface area contributed by atoms with Gasteiger partial charge in [0.2, 0.25) is 0 Å². The Morgan fingerprint density at radius 2 is 1.94 bits per heavy atom. The van der Waals surface area contributed by atoms with Gasteiger partial charge in [-0.25, -0.2) is 0 Å². The summed E-state index contributed by atoms with van der Waals surface area (Å²) in [5.41, 5.74) is 2.59. The standard InChI is InChI=1S/C14H20N2O2/c1-2-11-3-4-12-14(18-10-9-17-12)13(11)16-7-5-15-6-8-16/h3-4,15H,2,5-10H2,1H3. The molecule has 0 radical (unpaired) electrons. The number of hydrogen-bond acceptors (Lipinski definition) is 4. The minimum atomic E-state index is 0.652. The highest BCUT2D eigenvalue weighted by molar-refractivity contribution is 5.70. The van der Waals surface area contributed by atoms with E-state index in [1.807, 2.05) is 6.07 Å². The average molecular weight is 248 g/mol. The van der Waals surface area contributed by atoms with Gasteiger partial charge in [-0.05, 0) is 18.1 Å². The van der Waals surface area contributed by atoms with Crippen molar-refractivity contribution in [3.63, 3.8) is 0 Å². The predicted molar refractivity (Wildman–Crippen MR) is 71.9 cm³/mol. The quantitative estimate of drug-likeness (QED) is 0.858. The van der Waals surface area contributed by atoms with Crippen LogP contribution in [-0.4, -0.2) is 39.4 Å². The molecule has 0 saturated carbocycles. The summed E-state index contributed by atoms with van der Waals surface area (Å²) < 4.78 is 11.6. The first-order chi connectivity index (χ1) is 8.90. The van der Waals surface area contributed by atoms with Crippen molar-refractivity contribution in [1.29, 1.82) is 0 Å². The molecule has 4 nitrogen and oxygen atoms in total. The highest BCUT2D eigenvalue weighted by Crippen LogP contribution is 2.42. The third kappa shape index (κ3) is 2.01. The minimum absolute atomic E-state index is 0.652. The van der Waals surface area contributed by atoms with Crippen LogP contribution in [-0.2, 0) is 6.42 Å². The smallest absolute Gasteiger partial charge is 0.184 e. The number of piperazine rings is 1. The number of nitrogens with zero attached hydrogens (tertiary/aromatic N) is 1. The second kappa shape index (κ2) is 5.06. The van der Waals surface area contributed by atoms with E-state index in [2.05, 4.69) is 23.2 Å². The van der Waals surface area contributed by atoms with E-state index in [1.54, 1.807) is 0 Å². The van der Waals surface area contributed by atoms with Gasteiger partial charge >= 0.3 is 0 Å². The Bertz CT molecular complexity index is 428. The highest BCUT2D eigenvalue weighted by Gasteiger charge is 2.23. The average Bonchev–Trinajstić information content (AvgIpc) is 2.47. The van der Waals surface area contributed by atoms with Gasteiger partial charge in [0.15, 0.2) is 11.5 Å². The predicted octanol–water partition coefficient (Wildman–Crippen LogP) is 1.43. The molecule has 0 aliphatic carbocycles. The van der Waals surface area contributed by atoms with Gasteiger partial charge < -0.3 is 19.7 Å². The van der Waals surface area contributed by atoms with Crippen LogP contribution in [0, 0.1) is 0 Å². The van der Waals surface area contributed by atoms with E-state index in [4.69, 9.17) is 9.47 Å². The van der Waals surface area contributed by atoms with Crippen molar-refractivity contribution in [2.75, 3.05) is 44.3 Å². The number of anilines is 1. The molecule has 0 atom stereocenters. The topological polar surface area (TPSA) is 33.7 Å². The number of rotatable bonds is 2. The molecule has 1 aromatic rings. The van der Waals surface area contributed by atoms with Gasteiger partial charge in [-0.3, -0.25) is 0 Å². The Balaban J connectivity index is 2.03. The van der Waals surface area contributed by atoms with Crippen LogP contribution in [0.1, 0.15) is 12.5 Å². The molecular weight excluding hydrogens is 228 g/mol. The molecule has 1 fully saturated rings. The maximum absolute atomic E-state index is 5.86. The molecule has 4 heteroatoms. The van der Waals surface area contributed by atoms with Crippen LogP contribution in [0.5, 0.6) is 11.5 Å². The van der Waals surface area contributed by atoms with E-state index in [1.165, 1.54) is 11.3 Å². The Kier molecular flexibility index (Phi) is 3.28. The first-order valence-electron chi connectivity index (χ1n) is 6.77.